The second-order valence-corrected chi connectivity index (χ2v) is 11.8. The fraction of sp³-hybridized carbons (Fsp3) is 0.394. The number of carbonyl (C=O) groups is 2. The number of nitrogens with one attached hydrogen (secondary N) is 1. The van der Waals surface area contributed by atoms with Crippen molar-refractivity contribution in [3.63, 3.8) is 0 Å². The van der Waals surface area contributed by atoms with Crippen LogP contribution in [0.4, 0.5) is 10.1 Å². The molecule has 44 heavy (non-hydrogen) atoms. The number of carboxylic acid groups (broad SMARTS) is 1. The number of halogens is 1. The Balaban J connectivity index is 0.00000384. The van der Waals surface area contributed by atoms with E-state index in [9.17, 15) is 29.3 Å². The molecule has 0 radical (unpaired) electrons. The molecule has 0 aromatic heterocycles. The third-order valence-corrected chi connectivity index (χ3v) is 9.07. The van der Waals surface area contributed by atoms with Gasteiger partial charge in [-0.2, -0.15) is 0 Å². The molecule has 226 valence electrons. The fourth-order valence-electron chi connectivity index (χ4n) is 7.32. The molecule has 6 unspecified atom stereocenters. The number of hydrogen-bond donors (Lipinski definition) is 3. The predicted octanol–water partition coefficient (Wildman–Crippen LogP) is -0.374. The molecule has 6 atom stereocenters. The van der Waals surface area contributed by atoms with Gasteiger partial charge in [0.25, 0.3) is 5.91 Å². The Morgan fingerprint density at radius 1 is 1.02 bits per heavy atom. The molecule has 0 bridgehead atoms. The first kappa shape index (κ1) is 32.7. The average molecular weight is 613 g/mol. The first-order valence-corrected chi connectivity index (χ1v) is 14.5. The molecule has 3 saturated heterocycles. The van der Waals surface area contributed by atoms with E-state index in [2.05, 4.69) is 5.32 Å². The van der Waals surface area contributed by atoms with Gasteiger partial charge in [-0.05, 0) is 42.2 Å². The van der Waals surface area contributed by atoms with E-state index in [1.165, 1.54) is 12.1 Å². The van der Waals surface area contributed by atoms with Crippen LogP contribution >= 0.6 is 0 Å². The van der Waals surface area contributed by atoms with Crippen molar-refractivity contribution in [1.29, 1.82) is 0 Å². The molecule has 9 nitrogen and oxygen atoms in total. The van der Waals surface area contributed by atoms with Gasteiger partial charge < -0.3 is 34.9 Å². The molecule has 3 aliphatic rings. The molecule has 0 spiro atoms. The van der Waals surface area contributed by atoms with Gasteiger partial charge in [-0.3, -0.25) is 4.79 Å². The maximum atomic E-state index is 14.6. The topological polar surface area (TPSA) is 135 Å². The number of carbonyl (C=O) groups excluding carboxylic acids is 2. The van der Waals surface area contributed by atoms with Gasteiger partial charge in [0.15, 0.2) is 17.1 Å². The normalized spacial score (nSPS) is 31.4. The number of aliphatic hydroxyl groups is 2. The Labute approximate surface area is 277 Å². The minimum Gasteiger partial charge on any atom is -0.550 e. The van der Waals surface area contributed by atoms with Crippen molar-refractivity contribution in [1.82, 2.24) is 4.90 Å². The Bertz CT molecular complexity index is 1510. The van der Waals surface area contributed by atoms with E-state index in [0.717, 1.165) is 0 Å². The average Bonchev–Trinajstić information content (AvgIpc) is 3.67. The standard InChI is InChI=1S/C33H35FN2O7.Na/c1-21(2)32(41)31(29(40)35-25-11-7-4-8-12-25)30(43-31,22-9-5-3-6-10-22)33(23-13-15-24(34)16-14-23)36(32)18-17-27(42-33)19-26(37)20-28(38)39;/h3-16,21,26-27,37,41H,17-20H2,1-2H3,(H,35,40)(H,38,39);/q;+1/p-1. The number of amides is 1. The summed E-state index contributed by atoms with van der Waals surface area (Å²) in [5.74, 6) is -3.02. The summed E-state index contributed by atoms with van der Waals surface area (Å²) in [7, 11) is 0. The maximum Gasteiger partial charge on any atom is 1.00 e. The summed E-state index contributed by atoms with van der Waals surface area (Å²) in [4.78, 5) is 27.5. The number of nitrogens with zero attached hydrogens (tertiary/aromatic N) is 1. The zero-order valence-corrected chi connectivity index (χ0v) is 26.9. The van der Waals surface area contributed by atoms with E-state index >= 15 is 0 Å². The number of epoxide rings is 1. The van der Waals surface area contributed by atoms with Gasteiger partial charge in [-0.25, -0.2) is 9.29 Å². The smallest absolute Gasteiger partial charge is 0.550 e. The molecular formula is C33H34FN2NaO7. The number of rotatable bonds is 9. The minimum atomic E-state index is -1.93. The molecule has 3 aromatic rings. The van der Waals surface area contributed by atoms with E-state index in [1.54, 1.807) is 79.4 Å². The quantitative estimate of drug-likeness (QED) is 0.220. The molecule has 3 heterocycles. The summed E-state index contributed by atoms with van der Waals surface area (Å²) in [6.07, 6.45) is -2.27. The van der Waals surface area contributed by atoms with Gasteiger partial charge in [-0.15, -0.1) is 0 Å². The Morgan fingerprint density at radius 2 is 1.64 bits per heavy atom. The van der Waals surface area contributed by atoms with Crippen LogP contribution in [0.25, 0.3) is 0 Å². The minimum absolute atomic E-state index is 0. The van der Waals surface area contributed by atoms with Crippen molar-refractivity contribution in [2.24, 2.45) is 5.92 Å². The van der Waals surface area contributed by atoms with Gasteiger partial charge in [0.1, 0.15) is 5.82 Å². The molecule has 3 aromatic carbocycles. The third kappa shape index (κ3) is 4.58. The van der Waals surface area contributed by atoms with Crippen molar-refractivity contribution in [3.05, 3.63) is 102 Å². The molecule has 11 heteroatoms. The predicted molar refractivity (Wildman–Crippen MR) is 151 cm³/mol. The molecule has 6 rings (SSSR count). The fourth-order valence-corrected chi connectivity index (χ4v) is 7.32. The van der Waals surface area contributed by atoms with Crippen LogP contribution in [0.3, 0.4) is 0 Å². The van der Waals surface area contributed by atoms with Crippen LogP contribution in [0.5, 0.6) is 0 Å². The van der Waals surface area contributed by atoms with Crippen LogP contribution in [-0.2, 0) is 30.4 Å². The summed E-state index contributed by atoms with van der Waals surface area (Å²) in [5.41, 5.74) is -5.63. The van der Waals surface area contributed by atoms with Crippen LogP contribution < -0.4 is 40.0 Å². The summed E-state index contributed by atoms with van der Waals surface area (Å²) >= 11 is 0. The number of fused-ring (bicyclic) bond motifs is 3. The maximum absolute atomic E-state index is 14.6. The number of aliphatic carboxylic acids is 1. The van der Waals surface area contributed by atoms with E-state index < -0.39 is 64.9 Å². The van der Waals surface area contributed by atoms with Crippen LogP contribution in [0.15, 0.2) is 84.9 Å². The number of anilines is 1. The number of carboxylic acids is 1. The summed E-state index contributed by atoms with van der Waals surface area (Å²) < 4.78 is 28.0. The largest absolute Gasteiger partial charge is 1.00 e. The van der Waals surface area contributed by atoms with Gasteiger partial charge >= 0.3 is 29.6 Å². The monoisotopic (exact) mass is 612 g/mol. The van der Waals surface area contributed by atoms with Crippen LogP contribution in [0.2, 0.25) is 0 Å². The first-order valence-electron chi connectivity index (χ1n) is 14.5. The Kier molecular flexibility index (Phi) is 8.87. The molecule has 3 fully saturated rings. The van der Waals surface area contributed by atoms with Crippen molar-refractivity contribution >= 4 is 17.6 Å². The molecule has 3 N–H and O–H groups in total. The number of aliphatic hydroxyl groups excluding tert-OH is 1. The zero-order chi connectivity index (χ0) is 30.6. The van der Waals surface area contributed by atoms with Crippen molar-refractivity contribution in [2.45, 2.75) is 68.0 Å². The van der Waals surface area contributed by atoms with Gasteiger partial charge in [0.2, 0.25) is 5.60 Å². The summed E-state index contributed by atoms with van der Waals surface area (Å²) in [6.45, 7) is 3.80. The molecule has 1 amide bonds. The van der Waals surface area contributed by atoms with Crippen molar-refractivity contribution in [3.8, 4) is 0 Å². The molecule has 0 aliphatic carbocycles. The second-order valence-electron chi connectivity index (χ2n) is 11.8. The van der Waals surface area contributed by atoms with Crippen molar-refractivity contribution < 1.29 is 68.3 Å². The van der Waals surface area contributed by atoms with Gasteiger partial charge in [-0.1, -0.05) is 74.5 Å². The molecular weight excluding hydrogens is 578 g/mol. The SMILES string of the molecule is CC(C)C1(O)N2CCC(CC(O)CC(=O)[O-])OC2(c2ccc(F)cc2)C2(c3ccccc3)OC12C(=O)Nc1ccccc1.[Na+]. The number of para-hydroxylation sites is 1. The number of hydrogen-bond acceptors (Lipinski definition) is 8. The van der Waals surface area contributed by atoms with Gasteiger partial charge in [0, 0.05) is 36.6 Å². The van der Waals surface area contributed by atoms with Crippen LogP contribution in [0, 0.1) is 11.7 Å². The van der Waals surface area contributed by atoms with E-state index in [1.807, 2.05) is 12.1 Å². The van der Waals surface area contributed by atoms with Crippen molar-refractivity contribution in [2.75, 3.05) is 11.9 Å². The van der Waals surface area contributed by atoms with Gasteiger partial charge in [0.05, 0.1) is 12.2 Å². The number of benzene rings is 3. The van der Waals surface area contributed by atoms with E-state index in [0.29, 0.717) is 23.2 Å². The van der Waals surface area contributed by atoms with E-state index in [-0.39, 0.29) is 42.5 Å². The number of ether oxygens (including phenoxy) is 2. The Hall–Kier alpha value is -2.67. The second kappa shape index (κ2) is 11.9. The van der Waals surface area contributed by atoms with Crippen LogP contribution in [0.1, 0.15) is 44.2 Å². The zero-order valence-electron chi connectivity index (χ0n) is 24.9. The molecule has 0 saturated carbocycles. The van der Waals surface area contributed by atoms with E-state index in [4.69, 9.17) is 9.47 Å². The molecule has 3 aliphatic heterocycles. The third-order valence-electron chi connectivity index (χ3n) is 9.07. The Morgan fingerprint density at radius 3 is 2.23 bits per heavy atom. The first-order chi connectivity index (χ1) is 20.5. The number of morpholine rings is 1. The van der Waals surface area contributed by atoms with Crippen LogP contribution in [-0.4, -0.2) is 57.1 Å². The summed E-state index contributed by atoms with van der Waals surface area (Å²) in [5, 5.41) is 37.6. The summed E-state index contributed by atoms with van der Waals surface area (Å²) in [6, 6.07) is 23.5.